The minimum absolute atomic E-state index is 0.544. The first-order valence-electron chi connectivity index (χ1n) is 5.85. The predicted molar refractivity (Wildman–Crippen MR) is 76.7 cm³/mol. The van der Waals surface area contributed by atoms with E-state index in [1.54, 1.807) is 0 Å². The van der Waals surface area contributed by atoms with Gasteiger partial charge in [0.25, 0.3) is 0 Å². The summed E-state index contributed by atoms with van der Waals surface area (Å²) in [6.45, 7) is 7.79. The van der Waals surface area contributed by atoms with E-state index < -0.39 is 0 Å². The molecule has 1 atom stereocenters. The summed E-state index contributed by atoms with van der Waals surface area (Å²) in [5.41, 5.74) is 1.21. The lowest BCUT2D eigenvalue weighted by Gasteiger charge is -2.09. The molecule has 0 aliphatic heterocycles. The molecule has 2 nitrogen and oxygen atoms in total. The summed E-state index contributed by atoms with van der Waals surface area (Å²) >= 11 is 1.87. The van der Waals surface area contributed by atoms with Crippen LogP contribution in [-0.2, 0) is 0 Å². The zero-order valence-corrected chi connectivity index (χ0v) is 10.9. The number of rotatable bonds is 6. The molecule has 0 aliphatic carbocycles. The van der Waals surface area contributed by atoms with E-state index in [0.29, 0.717) is 5.25 Å². The molecule has 0 radical (unpaired) electrons. The summed E-state index contributed by atoms with van der Waals surface area (Å²) in [7, 11) is 0. The predicted octanol–water partition coefficient (Wildman–Crippen LogP) is 3.42. The second-order valence-electron chi connectivity index (χ2n) is 4.10. The maximum absolute atomic E-state index is 3.69. The van der Waals surface area contributed by atoms with Crippen molar-refractivity contribution in [2.75, 3.05) is 13.1 Å². The zero-order chi connectivity index (χ0) is 12.1. The molecule has 0 saturated heterocycles. The first kappa shape index (κ1) is 12.3. The van der Waals surface area contributed by atoms with Crippen molar-refractivity contribution in [3.05, 3.63) is 43.0 Å². The van der Waals surface area contributed by atoms with Crippen molar-refractivity contribution in [1.82, 2.24) is 10.3 Å². The molecule has 17 heavy (non-hydrogen) atoms. The molecule has 1 unspecified atom stereocenters. The van der Waals surface area contributed by atoms with Crippen LogP contribution < -0.4 is 5.32 Å². The second kappa shape index (κ2) is 5.94. The van der Waals surface area contributed by atoms with Gasteiger partial charge in [0.05, 0.1) is 5.03 Å². The van der Waals surface area contributed by atoms with E-state index in [9.17, 15) is 0 Å². The maximum Gasteiger partial charge on any atom is 0.0735 e. The first-order valence-corrected chi connectivity index (χ1v) is 6.73. The van der Waals surface area contributed by atoms with Crippen LogP contribution in [0.2, 0.25) is 0 Å². The molecule has 1 aromatic carbocycles. The highest BCUT2D eigenvalue weighted by atomic mass is 32.2. The van der Waals surface area contributed by atoms with Crippen molar-refractivity contribution in [1.29, 1.82) is 0 Å². The van der Waals surface area contributed by atoms with Gasteiger partial charge in [-0.1, -0.05) is 31.2 Å². The second-order valence-corrected chi connectivity index (χ2v) is 5.58. The Morgan fingerprint density at radius 2 is 2.29 bits per heavy atom. The van der Waals surface area contributed by atoms with Crippen molar-refractivity contribution in [3.8, 4) is 0 Å². The Morgan fingerprint density at radius 1 is 1.47 bits per heavy atom. The van der Waals surface area contributed by atoms with Crippen molar-refractivity contribution >= 4 is 22.7 Å². The number of thioether (sulfide) groups is 1. The largest absolute Gasteiger partial charge is 0.350 e. The standard InChI is InChI=1S/C14H18N2S/c1-3-8-15-10-11(2)17-14-9-12-6-4-5-7-13(12)16-14/h3-7,9,11,15-16H,1,8,10H2,2H3. The van der Waals surface area contributed by atoms with Crippen LogP contribution in [-0.4, -0.2) is 23.3 Å². The first-order chi connectivity index (χ1) is 8.29. The van der Waals surface area contributed by atoms with Crippen molar-refractivity contribution in [2.45, 2.75) is 17.2 Å². The molecule has 0 spiro atoms. The number of aromatic amines is 1. The fourth-order valence-corrected chi connectivity index (χ4v) is 2.76. The van der Waals surface area contributed by atoms with Gasteiger partial charge in [0.1, 0.15) is 0 Å². The molecule has 0 bridgehead atoms. The smallest absolute Gasteiger partial charge is 0.0735 e. The molecule has 0 aliphatic rings. The Labute approximate surface area is 106 Å². The molecule has 1 aromatic heterocycles. The van der Waals surface area contributed by atoms with Gasteiger partial charge in [-0.2, -0.15) is 0 Å². The Balaban J connectivity index is 1.95. The summed E-state index contributed by atoms with van der Waals surface area (Å²) in [4.78, 5) is 3.43. The van der Waals surface area contributed by atoms with E-state index in [4.69, 9.17) is 0 Å². The lowest BCUT2D eigenvalue weighted by Crippen LogP contribution is -2.22. The van der Waals surface area contributed by atoms with Crippen LogP contribution in [0.3, 0.4) is 0 Å². The number of hydrogen-bond acceptors (Lipinski definition) is 2. The van der Waals surface area contributed by atoms with Gasteiger partial charge < -0.3 is 10.3 Å². The zero-order valence-electron chi connectivity index (χ0n) is 10.1. The monoisotopic (exact) mass is 246 g/mol. The summed E-state index contributed by atoms with van der Waals surface area (Å²) in [5, 5.41) is 6.39. The van der Waals surface area contributed by atoms with Crippen LogP contribution in [0.5, 0.6) is 0 Å². The van der Waals surface area contributed by atoms with Crippen molar-refractivity contribution in [3.63, 3.8) is 0 Å². The van der Waals surface area contributed by atoms with Crippen LogP contribution >= 0.6 is 11.8 Å². The highest BCUT2D eigenvalue weighted by molar-refractivity contribution is 7.99. The minimum Gasteiger partial charge on any atom is -0.350 e. The van der Waals surface area contributed by atoms with E-state index in [-0.39, 0.29) is 0 Å². The molecule has 2 rings (SSSR count). The van der Waals surface area contributed by atoms with Gasteiger partial charge in [0, 0.05) is 29.2 Å². The summed E-state index contributed by atoms with van der Waals surface area (Å²) in [6.07, 6.45) is 1.89. The van der Waals surface area contributed by atoms with Gasteiger partial charge in [0.15, 0.2) is 0 Å². The van der Waals surface area contributed by atoms with E-state index in [0.717, 1.165) is 13.1 Å². The Bertz CT molecular complexity index is 457. The number of fused-ring (bicyclic) bond motifs is 1. The van der Waals surface area contributed by atoms with Crippen molar-refractivity contribution in [2.24, 2.45) is 0 Å². The minimum atomic E-state index is 0.544. The number of hydrogen-bond donors (Lipinski definition) is 2. The quantitative estimate of drug-likeness (QED) is 0.464. The third-order valence-corrected chi connectivity index (χ3v) is 3.60. The fraction of sp³-hybridized carbons (Fsp3) is 0.286. The third-order valence-electron chi connectivity index (χ3n) is 2.55. The van der Waals surface area contributed by atoms with E-state index >= 15 is 0 Å². The van der Waals surface area contributed by atoms with Gasteiger partial charge in [-0.05, 0) is 12.1 Å². The number of nitrogens with one attached hydrogen (secondary N) is 2. The Hall–Kier alpha value is -1.19. The molecule has 90 valence electrons. The van der Waals surface area contributed by atoms with Gasteiger partial charge in [-0.15, -0.1) is 18.3 Å². The normalized spacial score (nSPS) is 12.8. The van der Waals surface area contributed by atoms with Crippen LogP contribution in [0.25, 0.3) is 10.9 Å². The lowest BCUT2D eigenvalue weighted by molar-refractivity contribution is 0.740. The van der Waals surface area contributed by atoms with Gasteiger partial charge >= 0.3 is 0 Å². The summed E-state index contributed by atoms with van der Waals surface area (Å²) in [5.74, 6) is 0. The number of H-pyrrole nitrogens is 1. The molecular weight excluding hydrogens is 228 g/mol. The average Bonchev–Trinajstić information content (AvgIpc) is 2.71. The molecular formula is C14H18N2S. The number of para-hydroxylation sites is 1. The van der Waals surface area contributed by atoms with Gasteiger partial charge in [-0.25, -0.2) is 0 Å². The van der Waals surface area contributed by atoms with E-state index in [2.05, 4.69) is 54.1 Å². The maximum atomic E-state index is 3.69. The summed E-state index contributed by atoms with van der Waals surface area (Å²) in [6, 6.07) is 10.6. The highest BCUT2D eigenvalue weighted by Crippen LogP contribution is 2.26. The molecule has 1 heterocycles. The Kier molecular flexibility index (Phi) is 4.29. The Morgan fingerprint density at radius 3 is 3.06 bits per heavy atom. The molecule has 2 N–H and O–H groups in total. The van der Waals surface area contributed by atoms with Crippen molar-refractivity contribution < 1.29 is 0 Å². The molecule has 0 fully saturated rings. The number of aromatic nitrogens is 1. The third kappa shape index (κ3) is 3.38. The van der Waals surface area contributed by atoms with Gasteiger partial charge in [0.2, 0.25) is 0 Å². The highest BCUT2D eigenvalue weighted by Gasteiger charge is 2.06. The number of benzene rings is 1. The van der Waals surface area contributed by atoms with Crippen LogP contribution in [0.1, 0.15) is 6.92 Å². The van der Waals surface area contributed by atoms with E-state index in [1.807, 2.05) is 17.8 Å². The SMILES string of the molecule is C=CCNCC(C)Sc1cc2ccccc2[nH]1. The topological polar surface area (TPSA) is 27.8 Å². The van der Waals surface area contributed by atoms with Crippen LogP contribution in [0.15, 0.2) is 48.0 Å². The van der Waals surface area contributed by atoms with Gasteiger partial charge in [-0.3, -0.25) is 0 Å². The molecule has 0 saturated carbocycles. The van der Waals surface area contributed by atoms with E-state index in [1.165, 1.54) is 15.9 Å². The molecule has 2 aromatic rings. The summed E-state index contributed by atoms with van der Waals surface area (Å²) < 4.78 is 0. The molecule has 3 heteroatoms. The lowest BCUT2D eigenvalue weighted by atomic mass is 10.3. The average molecular weight is 246 g/mol. The van der Waals surface area contributed by atoms with Crippen LogP contribution in [0, 0.1) is 0 Å². The fourth-order valence-electron chi connectivity index (χ4n) is 1.76. The molecule has 0 amide bonds. The van der Waals surface area contributed by atoms with Crippen LogP contribution in [0.4, 0.5) is 0 Å².